The number of hydrogen-bond acceptors (Lipinski definition) is 8. The van der Waals surface area contributed by atoms with Gasteiger partial charge in [-0.1, -0.05) is 5.16 Å². The molecule has 1 aliphatic heterocycles. The summed E-state index contributed by atoms with van der Waals surface area (Å²) in [6, 6.07) is 4.23. The summed E-state index contributed by atoms with van der Waals surface area (Å²) in [5.41, 5.74) is 2.18. The Hall–Kier alpha value is -3.40. The molecule has 10 nitrogen and oxygen atoms in total. The normalized spacial score (nSPS) is 21.3. The number of carbonyl (C=O) groups is 2. The molecule has 0 spiro atoms. The van der Waals surface area contributed by atoms with Crippen molar-refractivity contribution in [3.63, 3.8) is 0 Å². The number of aryl methyl sites for hydroxylation is 2. The van der Waals surface area contributed by atoms with Crippen LogP contribution in [0.25, 0.3) is 0 Å². The number of fused-ring (bicyclic) bond motifs is 1. The first kappa shape index (κ1) is 30.8. The maximum absolute atomic E-state index is 10.6. The van der Waals surface area contributed by atoms with E-state index in [4.69, 9.17) is 33.8 Å². The van der Waals surface area contributed by atoms with Crippen molar-refractivity contribution in [1.29, 1.82) is 0 Å². The Morgan fingerprint density at radius 3 is 2.18 bits per heavy atom. The molecule has 1 saturated carbocycles. The van der Waals surface area contributed by atoms with Crippen molar-refractivity contribution < 1.29 is 60.1 Å². The van der Waals surface area contributed by atoms with Gasteiger partial charge in [0.15, 0.2) is 0 Å². The summed E-state index contributed by atoms with van der Waals surface area (Å²) in [4.78, 5) is 24.4. The molecule has 2 N–H and O–H groups in total. The molecule has 0 unspecified atom stereocenters. The van der Waals surface area contributed by atoms with Crippen molar-refractivity contribution in [3.8, 4) is 5.75 Å². The van der Waals surface area contributed by atoms with Crippen molar-refractivity contribution in [3.05, 3.63) is 41.5 Å². The van der Waals surface area contributed by atoms with E-state index in [0.29, 0.717) is 6.04 Å². The van der Waals surface area contributed by atoms with E-state index >= 15 is 0 Å². The first-order valence-corrected chi connectivity index (χ1v) is 11.1. The first-order valence-electron chi connectivity index (χ1n) is 11.1. The predicted octanol–water partition coefficient (Wildman–Crippen LogP) is 3.76. The van der Waals surface area contributed by atoms with E-state index in [-0.39, 0.29) is 12.2 Å². The highest BCUT2D eigenvalue weighted by atomic mass is 19.4. The zero-order valence-corrected chi connectivity index (χ0v) is 20.1. The Morgan fingerprint density at radius 1 is 1.11 bits per heavy atom. The van der Waals surface area contributed by atoms with Gasteiger partial charge in [0, 0.05) is 30.9 Å². The van der Waals surface area contributed by atoms with Crippen LogP contribution >= 0.6 is 0 Å². The second-order valence-electron chi connectivity index (χ2n) is 8.20. The van der Waals surface area contributed by atoms with Gasteiger partial charge in [-0.25, -0.2) is 9.59 Å². The number of hydrogen-bond donors (Lipinski definition) is 2. The highest BCUT2D eigenvalue weighted by Crippen LogP contribution is 2.34. The lowest BCUT2D eigenvalue weighted by molar-refractivity contribution is -0.193. The Kier molecular flexibility index (Phi) is 10.5. The monoisotopic (exact) mass is 557 g/mol. The predicted molar refractivity (Wildman–Crippen MR) is 115 cm³/mol. The molecule has 16 heteroatoms. The minimum Gasteiger partial charge on any atom is -0.486 e. The van der Waals surface area contributed by atoms with Crippen LogP contribution in [-0.4, -0.2) is 80.9 Å². The SMILES string of the molecule is Cc1noc(C)c1CN1CCO[C@H]2[C@H](Oc3cccnc3)CC[C@@H]21.O=C(O)C(F)(F)F.O=C(O)C(F)(F)F. The second-order valence-corrected chi connectivity index (χ2v) is 8.20. The zero-order valence-electron chi connectivity index (χ0n) is 20.1. The fourth-order valence-corrected chi connectivity index (χ4v) is 3.84. The van der Waals surface area contributed by atoms with Crippen LogP contribution in [0.4, 0.5) is 26.3 Å². The maximum atomic E-state index is 10.6. The van der Waals surface area contributed by atoms with Gasteiger partial charge in [-0.05, 0) is 38.8 Å². The fourth-order valence-electron chi connectivity index (χ4n) is 3.84. The highest BCUT2D eigenvalue weighted by Gasteiger charge is 2.44. The molecule has 212 valence electrons. The van der Waals surface area contributed by atoms with Crippen LogP contribution in [0.3, 0.4) is 0 Å². The van der Waals surface area contributed by atoms with Crippen molar-refractivity contribution in [2.45, 2.75) is 63.8 Å². The Morgan fingerprint density at radius 2 is 1.71 bits per heavy atom. The lowest BCUT2D eigenvalue weighted by Crippen LogP contribution is -2.51. The van der Waals surface area contributed by atoms with Crippen molar-refractivity contribution in [2.24, 2.45) is 0 Å². The lowest BCUT2D eigenvalue weighted by Gasteiger charge is -2.39. The van der Waals surface area contributed by atoms with Gasteiger partial charge < -0.3 is 24.2 Å². The number of morpholine rings is 1. The molecule has 38 heavy (non-hydrogen) atoms. The summed E-state index contributed by atoms with van der Waals surface area (Å²) in [6.07, 6.45) is -4.36. The molecule has 3 atom stereocenters. The quantitative estimate of drug-likeness (QED) is 0.535. The van der Waals surface area contributed by atoms with Gasteiger partial charge in [0.2, 0.25) is 0 Å². The van der Waals surface area contributed by atoms with Crippen molar-refractivity contribution in [2.75, 3.05) is 13.2 Å². The minimum absolute atomic E-state index is 0.0895. The molecule has 2 aliphatic rings. The van der Waals surface area contributed by atoms with Crippen molar-refractivity contribution >= 4 is 11.9 Å². The van der Waals surface area contributed by atoms with E-state index in [1.807, 2.05) is 26.0 Å². The molecule has 0 aromatic carbocycles. The van der Waals surface area contributed by atoms with Crippen LogP contribution in [0.15, 0.2) is 29.0 Å². The molecule has 4 rings (SSSR count). The summed E-state index contributed by atoms with van der Waals surface area (Å²) in [7, 11) is 0. The third-order valence-electron chi connectivity index (χ3n) is 5.60. The summed E-state index contributed by atoms with van der Waals surface area (Å²) in [5.74, 6) is -3.79. The van der Waals surface area contributed by atoms with Gasteiger partial charge in [-0.3, -0.25) is 9.88 Å². The van der Waals surface area contributed by atoms with Gasteiger partial charge in [0.05, 0.1) is 18.5 Å². The van der Waals surface area contributed by atoms with Gasteiger partial charge in [-0.2, -0.15) is 26.3 Å². The van der Waals surface area contributed by atoms with E-state index < -0.39 is 24.3 Å². The van der Waals surface area contributed by atoms with Crippen LogP contribution in [0.1, 0.15) is 29.9 Å². The largest absolute Gasteiger partial charge is 0.490 e. The Balaban J connectivity index is 0.000000301. The van der Waals surface area contributed by atoms with E-state index in [9.17, 15) is 26.3 Å². The number of aliphatic carboxylic acids is 2. The van der Waals surface area contributed by atoms with Crippen LogP contribution in [0.5, 0.6) is 5.75 Å². The van der Waals surface area contributed by atoms with Crippen LogP contribution < -0.4 is 4.74 Å². The van der Waals surface area contributed by atoms with E-state index in [2.05, 4.69) is 15.0 Å². The standard InChI is InChI=1S/C18H23N3O3.2C2HF3O2/c1-12-15(13(2)24-20-12)11-21-8-9-22-18-16(21)5-6-17(18)23-14-4-3-7-19-10-14;2*3-2(4,5)1(6)7/h3-4,7,10,16-18H,5-6,8-9,11H2,1-2H3;2*(H,6,7)/t16-,17+,18+;;/m0../s1. The summed E-state index contributed by atoms with van der Waals surface area (Å²) >= 11 is 0. The molecule has 2 aromatic rings. The lowest BCUT2D eigenvalue weighted by atomic mass is 10.1. The van der Waals surface area contributed by atoms with Gasteiger partial charge in [0.25, 0.3) is 0 Å². The molecule has 0 bridgehead atoms. The average Bonchev–Trinajstić information content (AvgIpc) is 3.38. The van der Waals surface area contributed by atoms with Gasteiger partial charge in [-0.15, -0.1) is 0 Å². The smallest absolute Gasteiger partial charge is 0.486 e. The number of carboxylic acid groups (broad SMARTS) is 2. The van der Waals surface area contributed by atoms with Crippen LogP contribution in [0.2, 0.25) is 0 Å². The maximum Gasteiger partial charge on any atom is 0.490 e. The number of nitrogens with zero attached hydrogens (tertiary/aromatic N) is 3. The third-order valence-corrected chi connectivity index (χ3v) is 5.60. The number of rotatable bonds is 4. The number of halogens is 6. The van der Waals surface area contributed by atoms with Crippen molar-refractivity contribution in [1.82, 2.24) is 15.0 Å². The van der Waals surface area contributed by atoms with Crippen LogP contribution in [0, 0.1) is 13.8 Å². The topological polar surface area (TPSA) is 135 Å². The molecule has 0 amide bonds. The molecular formula is C22H25F6N3O7. The van der Waals surface area contributed by atoms with E-state index in [1.165, 1.54) is 5.56 Å². The summed E-state index contributed by atoms with van der Waals surface area (Å²) in [6.45, 7) is 6.52. The number of aromatic nitrogens is 2. The van der Waals surface area contributed by atoms with Gasteiger partial charge >= 0.3 is 24.3 Å². The average molecular weight is 557 g/mol. The van der Waals surface area contributed by atoms with E-state index in [0.717, 1.165) is 49.7 Å². The fraction of sp³-hybridized carbons (Fsp3) is 0.545. The molecule has 3 heterocycles. The van der Waals surface area contributed by atoms with Gasteiger partial charge in [0.1, 0.15) is 23.7 Å². The highest BCUT2D eigenvalue weighted by molar-refractivity contribution is 5.73. The summed E-state index contributed by atoms with van der Waals surface area (Å²) in [5, 5.41) is 18.3. The number of pyridine rings is 1. The minimum atomic E-state index is -5.08. The van der Waals surface area contributed by atoms with Crippen LogP contribution in [-0.2, 0) is 20.9 Å². The second kappa shape index (κ2) is 12.9. The number of carboxylic acids is 2. The van der Waals surface area contributed by atoms with E-state index in [1.54, 1.807) is 12.4 Å². The Labute approximate surface area is 212 Å². The molecule has 2 aromatic heterocycles. The molecule has 2 fully saturated rings. The summed E-state index contributed by atoms with van der Waals surface area (Å²) < 4.78 is 81.0. The molecular weight excluding hydrogens is 532 g/mol. The molecule has 0 radical (unpaired) electrons. The number of ether oxygens (including phenoxy) is 2. The third kappa shape index (κ3) is 8.86. The molecule has 1 saturated heterocycles. The first-order chi connectivity index (χ1) is 17.6. The Bertz CT molecular complexity index is 1020. The number of alkyl halides is 6. The zero-order chi connectivity index (χ0) is 28.7. The molecule has 1 aliphatic carbocycles.